The molecule has 8 atom stereocenters. The van der Waals surface area contributed by atoms with E-state index >= 15 is 0 Å². The molecule has 0 radical (unpaired) electrons. The van der Waals surface area contributed by atoms with Crippen molar-refractivity contribution in [3.63, 3.8) is 0 Å². The van der Waals surface area contributed by atoms with Crippen LogP contribution in [0.1, 0.15) is 97.8 Å². The highest BCUT2D eigenvalue weighted by atomic mass is 16.2. The lowest BCUT2D eigenvalue weighted by Gasteiger charge is -2.62. The Morgan fingerprint density at radius 3 is 2.44 bits per heavy atom. The van der Waals surface area contributed by atoms with Crippen LogP contribution in [0, 0.1) is 46.3 Å². The van der Waals surface area contributed by atoms with Crippen molar-refractivity contribution in [1.82, 2.24) is 0 Å². The average molecular weight is 347 g/mol. The van der Waals surface area contributed by atoms with Gasteiger partial charge >= 0.3 is 0 Å². The molecule has 144 valence electrons. The number of fused-ring (bicyclic) bond motifs is 5. The Hall–Kier alpha value is -0.0400. The van der Waals surface area contributed by atoms with Gasteiger partial charge in [-0.1, -0.05) is 40.0 Å². The molecular weight excluding hydrogens is 304 g/mol. The van der Waals surface area contributed by atoms with Gasteiger partial charge in [0, 0.05) is 6.61 Å². The van der Waals surface area contributed by atoms with E-state index in [-0.39, 0.29) is 0 Å². The van der Waals surface area contributed by atoms with Gasteiger partial charge < -0.3 is 5.11 Å². The molecule has 0 aromatic carbocycles. The molecule has 1 heteroatoms. The van der Waals surface area contributed by atoms with Gasteiger partial charge in [0.2, 0.25) is 0 Å². The molecule has 0 aromatic heterocycles. The Labute approximate surface area is 156 Å². The van der Waals surface area contributed by atoms with E-state index < -0.39 is 0 Å². The van der Waals surface area contributed by atoms with Crippen molar-refractivity contribution in [2.75, 3.05) is 6.61 Å². The van der Waals surface area contributed by atoms with Crippen molar-refractivity contribution in [1.29, 1.82) is 0 Å². The molecule has 4 rings (SSSR count). The third-order valence-corrected chi connectivity index (χ3v) is 10.2. The van der Waals surface area contributed by atoms with Crippen LogP contribution in [0.3, 0.4) is 0 Å². The lowest BCUT2D eigenvalue weighted by molar-refractivity contribution is -0.135. The molecule has 4 saturated carbocycles. The molecule has 7 unspecified atom stereocenters. The molecule has 25 heavy (non-hydrogen) atoms. The maximum absolute atomic E-state index is 9.32. The molecule has 0 heterocycles. The standard InChI is InChI=1S/C24H42O/c1-4-17-16-19-21-11-10-18(8-7-15-25)23(21,2)14-12-22(19)24(3)13-6-5-9-20(17)24/h17-22,25H,4-16H2,1-3H3/t17-,18?,19?,20?,21?,22?,23?,24?/m0/s1. The smallest absolute Gasteiger partial charge is 0.0431 e. The van der Waals surface area contributed by atoms with E-state index in [1.165, 1.54) is 64.2 Å². The van der Waals surface area contributed by atoms with Gasteiger partial charge in [0.15, 0.2) is 0 Å². The molecule has 0 amide bonds. The first kappa shape index (κ1) is 18.3. The molecule has 4 aliphatic rings. The van der Waals surface area contributed by atoms with E-state index in [9.17, 15) is 5.11 Å². The summed E-state index contributed by atoms with van der Waals surface area (Å²) in [6.07, 6.45) is 17.2. The van der Waals surface area contributed by atoms with Gasteiger partial charge in [-0.3, -0.25) is 0 Å². The van der Waals surface area contributed by atoms with Crippen LogP contribution in [0.25, 0.3) is 0 Å². The third kappa shape index (κ3) is 2.74. The van der Waals surface area contributed by atoms with Crippen LogP contribution in [0.15, 0.2) is 0 Å². The summed E-state index contributed by atoms with van der Waals surface area (Å²) in [6, 6.07) is 0. The molecule has 4 fully saturated rings. The van der Waals surface area contributed by atoms with Gasteiger partial charge in [-0.15, -0.1) is 0 Å². The SMILES string of the molecule is CC[C@H]1CC2C3CCC(CCCO)C3(C)CCC2C2(C)CCCCC12. The Kier molecular flexibility index (Phi) is 5.02. The van der Waals surface area contributed by atoms with E-state index in [1.54, 1.807) is 6.42 Å². The maximum atomic E-state index is 9.32. The summed E-state index contributed by atoms with van der Waals surface area (Å²) in [5, 5.41) is 9.32. The van der Waals surface area contributed by atoms with E-state index in [2.05, 4.69) is 20.8 Å². The van der Waals surface area contributed by atoms with Crippen LogP contribution >= 0.6 is 0 Å². The van der Waals surface area contributed by atoms with E-state index in [1.807, 2.05) is 0 Å². The number of hydrogen-bond donors (Lipinski definition) is 1. The quantitative estimate of drug-likeness (QED) is 0.620. The Morgan fingerprint density at radius 2 is 1.68 bits per heavy atom. The van der Waals surface area contributed by atoms with Crippen LogP contribution in [0.4, 0.5) is 0 Å². The molecule has 1 N–H and O–H groups in total. The van der Waals surface area contributed by atoms with E-state index in [4.69, 9.17) is 0 Å². The van der Waals surface area contributed by atoms with Crippen LogP contribution < -0.4 is 0 Å². The summed E-state index contributed by atoms with van der Waals surface area (Å²) >= 11 is 0. The monoisotopic (exact) mass is 346 g/mol. The fourth-order valence-corrected chi connectivity index (χ4v) is 8.94. The molecule has 0 aliphatic heterocycles. The Balaban J connectivity index is 1.60. The summed E-state index contributed by atoms with van der Waals surface area (Å²) < 4.78 is 0. The zero-order valence-corrected chi connectivity index (χ0v) is 17.1. The molecular formula is C24H42O. The van der Waals surface area contributed by atoms with Crippen molar-refractivity contribution in [3.8, 4) is 0 Å². The van der Waals surface area contributed by atoms with Gasteiger partial charge in [-0.25, -0.2) is 0 Å². The summed E-state index contributed by atoms with van der Waals surface area (Å²) in [5.41, 5.74) is 1.25. The van der Waals surface area contributed by atoms with Crippen molar-refractivity contribution in [3.05, 3.63) is 0 Å². The summed E-state index contributed by atoms with van der Waals surface area (Å²) in [4.78, 5) is 0. The van der Waals surface area contributed by atoms with Gasteiger partial charge in [-0.05, 0) is 104 Å². The Morgan fingerprint density at radius 1 is 0.880 bits per heavy atom. The maximum Gasteiger partial charge on any atom is 0.0431 e. The average Bonchev–Trinajstić information content (AvgIpc) is 2.95. The van der Waals surface area contributed by atoms with Crippen LogP contribution in [-0.2, 0) is 0 Å². The molecule has 0 saturated heterocycles. The van der Waals surface area contributed by atoms with E-state index in [0.717, 1.165) is 41.9 Å². The molecule has 0 bridgehead atoms. The first-order valence-electron chi connectivity index (χ1n) is 11.7. The highest BCUT2D eigenvalue weighted by Crippen LogP contribution is 2.69. The lowest BCUT2D eigenvalue weighted by Crippen LogP contribution is -2.55. The van der Waals surface area contributed by atoms with Gasteiger partial charge in [-0.2, -0.15) is 0 Å². The fraction of sp³-hybridized carbons (Fsp3) is 1.00. The Bertz CT molecular complexity index is 473. The topological polar surface area (TPSA) is 20.2 Å². The van der Waals surface area contributed by atoms with Crippen LogP contribution in [-0.4, -0.2) is 11.7 Å². The normalized spacial score (nSPS) is 52.3. The highest BCUT2D eigenvalue weighted by Gasteiger charge is 2.60. The predicted molar refractivity (Wildman–Crippen MR) is 105 cm³/mol. The molecule has 1 nitrogen and oxygen atoms in total. The predicted octanol–water partition coefficient (Wildman–Crippen LogP) is 6.44. The minimum Gasteiger partial charge on any atom is -0.396 e. The first-order valence-corrected chi connectivity index (χ1v) is 11.7. The minimum atomic E-state index is 0.390. The highest BCUT2D eigenvalue weighted by molar-refractivity contribution is 5.10. The van der Waals surface area contributed by atoms with Crippen LogP contribution in [0.5, 0.6) is 0 Å². The largest absolute Gasteiger partial charge is 0.396 e. The molecule has 4 aliphatic carbocycles. The zero-order chi connectivity index (χ0) is 17.7. The molecule has 0 spiro atoms. The molecule has 0 aromatic rings. The van der Waals surface area contributed by atoms with Gasteiger partial charge in [0.25, 0.3) is 0 Å². The number of aliphatic hydroxyl groups is 1. The van der Waals surface area contributed by atoms with Crippen LogP contribution in [0.2, 0.25) is 0 Å². The second-order valence-electron chi connectivity index (χ2n) is 10.8. The first-order chi connectivity index (χ1) is 12.0. The van der Waals surface area contributed by atoms with Gasteiger partial charge in [0.1, 0.15) is 0 Å². The third-order valence-electron chi connectivity index (χ3n) is 10.2. The number of rotatable bonds is 4. The van der Waals surface area contributed by atoms with E-state index in [0.29, 0.717) is 17.4 Å². The minimum absolute atomic E-state index is 0.390. The lowest BCUT2D eigenvalue weighted by atomic mass is 9.42. The van der Waals surface area contributed by atoms with Crippen molar-refractivity contribution in [2.45, 2.75) is 97.8 Å². The number of hydrogen-bond acceptors (Lipinski definition) is 1. The van der Waals surface area contributed by atoms with Crippen molar-refractivity contribution < 1.29 is 5.11 Å². The zero-order valence-electron chi connectivity index (χ0n) is 17.1. The summed E-state index contributed by atoms with van der Waals surface area (Å²) in [7, 11) is 0. The summed E-state index contributed by atoms with van der Waals surface area (Å²) in [5.74, 6) is 5.96. The van der Waals surface area contributed by atoms with Crippen molar-refractivity contribution >= 4 is 0 Å². The van der Waals surface area contributed by atoms with Crippen molar-refractivity contribution in [2.24, 2.45) is 46.3 Å². The second kappa shape index (κ2) is 6.84. The summed E-state index contributed by atoms with van der Waals surface area (Å²) in [6.45, 7) is 8.23. The second-order valence-corrected chi connectivity index (χ2v) is 10.8. The number of aliphatic hydroxyl groups excluding tert-OH is 1. The van der Waals surface area contributed by atoms with Gasteiger partial charge in [0.05, 0.1) is 0 Å². The fourth-order valence-electron chi connectivity index (χ4n) is 8.94.